The SMILES string of the molecule is COc1ccc(-c2ccc(C(N)=NO)o2)cc1Cl. The molecule has 0 aliphatic heterocycles. The van der Waals surface area contributed by atoms with E-state index < -0.39 is 0 Å². The molecule has 0 aliphatic carbocycles. The van der Waals surface area contributed by atoms with Crippen LogP contribution < -0.4 is 10.5 Å². The number of benzene rings is 1. The predicted molar refractivity (Wildman–Crippen MR) is 68.2 cm³/mol. The first kappa shape index (κ1) is 12.3. The minimum atomic E-state index is -0.0825. The zero-order valence-electron chi connectivity index (χ0n) is 9.55. The molecule has 0 aliphatic rings. The summed E-state index contributed by atoms with van der Waals surface area (Å²) < 4.78 is 10.5. The summed E-state index contributed by atoms with van der Waals surface area (Å²) in [5.41, 5.74) is 6.20. The Kier molecular flexibility index (Phi) is 3.43. The lowest BCUT2D eigenvalue weighted by Crippen LogP contribution is -2.11. The van der Waals surface area contributed by atoms with Gasteiger partial charge in [-0.1, -0.05) is 16.8 Å². The van der Waals surface area contributed by atoms with Gasteiger partial charge in [0.25, 0.3) is 0 Å². The third-order valence-corrected chi connectivity index (χ3v) is 2.70. The molecular weight excluding hydrogens is 256 g/mol. The van der Waals surface area contributed by atoms with Gasteiger partial charge in [-0.2, -0.15) is 0 Å². The molecule has 0 fully saturated rings. The van der Waals surface area contributed by atoms with Gasteiger partial charge in [-0.25, -0.2) is 0 Å². The van der Waals surface area contributed by atoms with Crippen LogP contribution in [0.25, 0.3) is 11.3 Å². The number of hydrogen-bond acceptors (Lipinski definition) is 4. The Hall–Kier alpha value is -2.14. The van der Waals surface area contributed by atoms with Crippen LogP contribution in [0.2, 0.25) is 5.02 Å². The van der Waals surface area contributed by atoms with E-state index in [0.717, 1.165) is 5.56 Å². The number of nitrogens with zero attached hydrogens (tertiary/aromatic N) is 1. The van der Waals surface area contributed by atoms with E-state index in [1.165, 1.54) is 0 Å². The Bertz CT molecular complexity index is 593. The van der Waals surface area contributed by atoms with Crippen molar-refractivity contribution in [3.8, 4) is 17.1 Å². The maximum atomic E-state index is 8.55. The van der Waals surface area contributed by atoms with Gasteiger partial charge in [-0.3, -0.25) is 0 Å². The molecular formula is C12H11ClN2O3. The van der Waals surface area contributed by atoms with Crippen molar-refractivity contribution in [2.24, 2.45) is 10.9 Å². The van der Waals surface area contributed by atoms with Crippen LogP contribution in [-0.4, -0.2) is 18.2 Å². The van der Waals surface area contributed by atoms with Crippen LogP contribution in [0.1, 0.15) is 5.76 Å². The van der Waals surface area contributed by atoms with Crippen molar-refractivity contribution in [1.29, 1.82) is 0 Å². The van der Waals surface area contributed by atoms with E-state index in [9.17, 15) is 0 Å². The third kappa shape index (κ3) is 2.26. The quantitative estimate of drug-likeness (QED) is 0.387. The number of nitrogens with two attached hydrogens (primary N) is 1. The van der Waals surface area contributed by atoms with Crippen molar-refractivity contribution in [3.05, 3.63) is 41.1 Å². The molecule has 0 saturated carbocycles. The molecule has 1 heterocycles. The van der Waals surface area contributed by atoms with Crippen molar-refractivity contribution in [3.63, 3.8) is 0 Å². The number of oxime groups is 1. The van der Waals surface area contributed by atoms with Crippen LogP contribution in [-0.2, 0) is 0 Å². The lowest BCUT2D eigenvalue weighted by atomic mass is 10.2. The number of hydrogen-bond donors (Lipinski definition) is 2. The number of ether oxygens (including phenoxy) is 1. The second-order valence-corrected chi connectivity index (χ2v) is 3.91. The fraction of sp³-hybridized carbons (Fsp3) is 0.0833. The van der Waals surface area contributed by atoms with E-state index in [2.05, 4.69) is 5.16 Å². The normalized spacial score (nSPS) is 11.6. The third-order valence-electron chi connectivity index (χ3n) is 2.40. The average molecular weight is 267 g/mol. The van der Waals surface area contributed by atoms with Gasteiger partial charge >= 0.3 is 0 Å². The zero-order valence-corrected chi connectivity index (χ0v) is 10.3. The lowest BCUT2D eigenvalue weighted by Gasteiger charge is -2.04. The predicted octanol–water partition coefficient (Wildman–Crippen LogP) is 2.70. The van der Waals surface area contributed by atoms with Crippen LogP contribution in [0.5, 0.6) is 5.75 Å². The van der Waals surface area contributed by atoms with Gasteiger partial charge in [0, 0.05) is 5.56 Å². The Balaban J connectivity index is 2.37. The number of furan rings is 1. The van der Waals surface area contributed by atoms with Gasteiger partial charge in [0.1, 0.15) is 11.5 Å². The van der Waals surface area contributed by atoms with Gasteiger partial charge in [0.15, 0.2) is 5.76 Å². The molecule has 94 valence electrons. The van der Waals surface area contributed by atoms with E-state index in [1.807, 2.05) is 0 Å². The molecule has 1 aromatic carbocycles. The lowest BCUT2D eigenvalue weighted by molar-refractivity contribution is 0.317. The van der Waals surface area contributed by atoms with Crippen LogP contribution in [0.15, 0.2) is 39.9 Å². The summed E-state index contributed by atoms with van der Waals surface area (Å²) in [4.78, 5) is 0. The second-order valence-electron chi connectivity index (χ2n) is 3.50. The molecule has 2 aromatic rings. The van der Waals surface area contributed by atoms with Gasteiger partial charge in [0.2, 0.25) is 5.84 Å². The Morgan fingerprint density at radius 2 is 2.17 bits per heavy atom. The Labute approximate surface area is 108 Å². The highest BCUT2D eigenvalue weighted by atomic mass is 35.5. The molecule has 0 bridgehead atoms. The summed E-state index contributed by atoms with van der Waals surface area (Å²) in [7, 11) is 1.55. The van der Waals surface area contributed by atoms with Crippen molar-refractivity contribution in [1.82, 2.24) is 0 Å². The molecule has 5 nitrogen and oxygen atoms in total. The van der Waals surface area contributed by atoms with Gasteiger partial charge in [-0.15, -0.1) is 0 Å². The van der Waals surface area contributed by atoms with Crippen molar-refractivity contribution in [2.45, 2.75) is 0 Å². The van der Waals surface area contributed by atoms with Crippen molar-refractivity contribution >= 4 is 17.4 Å². The fourth-order valence-electron chi connectivity index (χ4n) is 1.50. The largest absolute Gasteiger partial charge is 0.495 e. The highest BCUT2D eigenvalue weighted by molar-refractivity contribution is 6.32. The molecule has 2 rings (SSSR count). The highest BCUT2D eigenvalue weighted by Crippen LogP contribution is 2.30. The van der Waals surface area contributed by atoms with Crippen molar-refractivity contribution < 1.29 is 14.4 Å². The summed E-state index contributed by atoms with van der Waals surface area (Å²) in [6.07, 6.45) is 0. The highest BCUT2D eigenvalue weighted by Gasteiger charge is 2.10. The molecule has 0 radical (unpaired) electrons. The molecule has 6 heteroatoms. The van der Waals surface area contributed by atoms with Crippen LogP contribution in [0.4, 0.5) is 0 Å². The van der Waals surface area contributed by atoms with E-state index in [-0.39, 0.29) is 5.84 Å². The topological polar surface area (TPSA) is 81.0 Å². The summed E-state index contributed by atoms with van der Waals surface area (Å²) in [5, 5.41) is 11.9. The minimum absolute atomic E-state index is 0.0825. The van der Waals surface area contributed by atoms with Crippen LogP contribution in [0, 0.1) is 0 Å². The average Bonchev–Trinajstić information content (AvgIpc) is 2.87. The summed E-state index contributed by atoms with van der Waals surface area (Å²) in [6.45, 7) is 0. The number of amidine groups is 1. The van der Waals surface area contributed by atoms with E-state index in [0.29, 0.717) is 22.3 Å². The molecule has 1 aromatic heterocycles. The van der Waals surface area contributed by atoms with Gasteiger partial charge < -0.3 is 20.1 Å². The molecule has 0 atom stereocenters. The summed E-state index contributed by atoms with van der Waals surface area (Å²) in [6, 6.07) is 8.59. The number of halogens is 1. The fourth-order valence-corrected chi connectivity index (χ4v) is 1.76. The van der Waals surface area contributed by atoms with Crippen molar-refractivity contribution in [2.75, 3.05) is 7.11 Å². The summed E-state index contributed by atoms with van der Waals surface area (Å²) >= 11 is 6.02. The maximum Gasteiger partial charge on any atom is 0.205 e. The standard InChI is InChI=1S/C12H11ClN2O3/c1-17-10-3-2-7(6-8(10)13)9-4-5-11(18-9)12(14)15-16/h2-6,16H,1H3,(H2,14,15). The monoisotopic (exact) mass is 266 g/mol. The van der Waals surface area contributed by atoms with Gasteiger partial charge in [-0.05, 0) is 30.3 Å². The molecule has 3 N–H and O–H groups in total. The maximum absolute atomic E-state index is 8.55. The molecule has 0 saturated heterocycles. The van der Waals surface area contributed by atoms with Gasteiger partial charge in [0.05, 0.1) is 12.1 Å². The molecule has 18 heavy (non-hydrogen) atoms. The minimum Gasteiger partial charge on any atom is -0.495 e. The van der Waals surface area contributed by atoms with E-state index in [4.69, 9.17) is 31.7 Å². The first-order valence-electron chi connectivity index (χ1n) is 5.07. The zero-order chi connectivity index (χ0) is 13.1. The first-order chi connectivity index (χ1) is 8.65. The smallest absolute Gasteiger partial charge is 0.205 e. The molecule has 0 amide bonds. The molecule has 0 spiro atoms. The Morgan fingerprint density at radius 1 is 1.39 bits per heavy atom. The molecule has 0 unspecified atom stereocenters. The van der Waals surface area contributed by atoms with E-state index in [1.54, 1.807) is 37.4 Å². The second kappa shape index (κ2) is 5.01. The summed E-state index contributed by atoms with van der Waals surface area (Å²) in [5.74, 6) is 1.37. The Morgan fingerprint density at radius 3 is 2.78 bits per heavy atom. The van der Waals surface area contributed by atoms with E-state index >= 15 is 0 Å². The van der Waals surface area contributed by atoms with Crippen LogP contribution >= 0.6 is 11.6 Å². The first-order valence-corrected chi connectivity index (χ1v) is 5.45. The number of rotatable bonds is 3. The number of methoxy groups -OCH3 is 1. The van der Waals surface area contributed by atoms with Crippen LogP contribution in [0.3, 0.4) is 0 Å².